The number of nitrogens with zero attached hydrogens (tertiary/aromatic N) is 4. The minimum absolute atomic E-state index is 0. The average molecular weight is 768 g/mol. The van der Waals surface area contributed by atoms with Crippen molar-refractivity contribution in [1.82, 2.24) is 14.8 Å². The van der Waals surface area contributed by atoms with E-state index in [2.05, 4.69) is 40.2 Å². The first-order chi connectivity index (χ1) is 25.8. The highest BCUT2D eigenvalue weighted by atomic mass is 35.5. The lowest BCUT2D eigenvalue weighted by Crippen LogP contribution is -2.47. The van der Waals surface area contributed by atoms with Crippen molar-refractivity contribution in [3.05, 3.63) is 154 Å². The van der Waals surface area contributed by atoms with Crippen LogP contribution in [0.4, 0.5) is 4.39 Å². The van der Waals surface area contributed by atoms with Gasteiger partial charge in [0.1, 0.15) is 23.9 Å². The standard InChI is InChI=1S/C43H40ClFN4O4.ClH/c1-31-25-36(26-40(44)43(31)53-41-18-17-39(28-47-41)52-30-35-10-6-33(27-46)7-11-35)12-19-42(50)49-22-20-48(21-23-49)29-34-8-4-32(5-9-34)3-2-24-51-38-15-13-37(45)14-16-38;/h4-19,25-26,28H,2-3,20-24,29-30H2,1H3;1H. The van der Waals surface area contributed by atoms with Crippen molar-refractivity contribution >= 4 is 36.0 Å². The number of piperazine rings is 1. The van der Waals surface area contributed by atoms with E-state index in [9.17, 15) is 9.18 Å². The summed E-state index contributed by atoms with van der Waals surface area (Å²) < 4.78 is 30.6. The molecule has 1 amide bonds. The summed E-state index contributed by atoms with van der Waals surface area (Å²) in [6.45, 7) is 6.59. The molecule has 1 aliphatic rings. The zero-order valence-corrected chi connectivity index (χ0v) is 31.5. The van der Waals surface area contributed by atoms with E-state index in [1.54, 1.807) is 60.8 Å². The van der Waals surface area contributed by atoms with Crippen LogP contribution in [0.1, 0.15) is 39.8 Å². The van der Waals surface area contributed by atoms with E-state index in [-0.39, 0.29) is 24.1 Å². The minimum atomic E-state index is -0.267. The number of carbonyl (C=O) groups is 1. The molecule has 1 aromatic heterocycles. The average Bonchev–Trinajstić information content (AvgIpc) is 3.18. The first-order valence-corrected chi connectivity index (χ1v) is 17.9. The van der Waals surface area contributed by atoms with Gasteiger partial charge >= 0.3 is 0 Å². The Morgan fingerprint density at radius 2 is 1.57 bits per heavy atom. The number of hydrogen-bond acceptors (Lipinski definition) is 7. The van der Waals surface area contributed by atoms with E-state index in [1.807, 2.05) is 30.0 Å². The molecule has 0 N–H and O–H groups in total. The van der Waals surface area contributed by atoms with Crippen LogP contribution in [-0.4, -0.2) is 53.5 Å². The summed E-state index contributed by atoms with van der Waals surface area (Å²) in [6.07, 6.45) is 6.75. The van der Waals surface area contributed by atoms with Crippen LogP contribution in [0.25, 0.3) is 6.08 Å². The van der Waals surface area contributed by atoms with Crippen LogP contribution in [-0.2, 0) is 24.4 Å². The Hall–Kier alpha value is -5.40. The number of ether oxygens (including phenoxy) is 3. The van der Waals surface area contributed by atoms with Crippen molar-refractivity contribution in [1.29, 1.82) is 5.26 Å². The topological polar surface area (TPSA) is 87.9 Å². The van der Waals surface area contributed by atoms with Crippen molar-refractivity contribution in [3.63, 3.8) is 0 Å². The second kappa shape index (κ2) is 19.6. The fraction of sp³-hybridized carbons (Fsp3) is 0.233. The Morgan fingerprint density at radius 1 is 0.889 bits per heavy atom. The third kappa shape index (κ3) is 11.5. The molecule has 0 spiro atoms. The van der Waals surface area contributed by atoms with Gasteiger partial charge in [0, 0.05) is 44.9 Å². The van der Waals surface area contributed by atoms with Crippen LogP contribution in [0.3, 0.4) is 0 Å². The number of pyridine rings is 1. The normalized spacial score (nSPS) is 12.9. The molecule has 278 valence electrons. The predicted octanol–water partition coefficient (Wildman–Crippen LogP) is 9.22. The molecule has 2 heterocycles. The quantitative estimate of drug-likeness (QED) is 0.0823. The lowest BCUT2D eigenvalue weighted by atomic mass is 10.1. The molecule has 4 aromatic carbocycles. The molecular weight excluding hydrogens is 726 g/mol. The molecule has 1 aliphatic heterocycles. The molecule has 8 nitrogen and oxygen atoms in total. The van der Waals surface area contributed by atoms with E-state index >= 15 is 0 Å². The maximum absolute atomic E-state index is 13.0. The summed E-state index contributed by atoms with van der Waals surface area (Å²) in [5.41, 5.74) is 5.66. The fourth-order valence-electron chi connectivity index (χ4n) is 5.91. The molecule has 6 rings (SSSR count). The van der Waals surface area contributed by atoms with Gasteiger partial charge in [-0.15, -0.1) is 12.4 Å². The van der Waals surface area contributed by atoms with Crippen molar-refractivity contribution in [3.8, 4) is 29.2 Å². The summed E-state index contributed by atoms with van der Waals surface area (Å²) in [6, 6.07) is 31.3. The molecule has 0 radical (unpaired) electrons. The number of aryl methyl sites for hydroxylation is 2. The van der Waals surface area contributed by atoms with Crippen LogP contribution >= 0.6 is 24.0 Å². The highest BCUT2D eigenvalue weighted by molar-refractivity contribution is 6.32. The zero-order valence-electron chi connectivity index (χ0n) is 29.9. The summed E-state index contributed by atoms with van der Waals surface area (Å²) in [4.78, 5) is 21.6. The number of halogens is 3. The molecule has 0 atom stereocenters. The highest BCUT2D eigenvalue weighted by Gasteiger charge is 2.20. The van der Waals surface area contributed by atoms with Gasteiger partial charge in [0.15, 0.2) is 5.75 Å². The van der Waals surface area contributed by atoms with Crippen molar-refractivity contribution in [2.24, 2.45) is 0 Å². The van der Waals surface area contributed by atoms with E-state index in [4.69, 9.17) is 31.1 Å². The van der Waals surface area contributed by atoms with Crippen LogP contribution in [0, 0.1) is 24.1 Å². The summed E-state index contributed by atoms with van der Waals surface area (Å²) in [7, 11) is 0. The lowest BCUT2D eigenvalue weighted by molar-refractivity contribution is -0.127. The van der Waals surface area contributed by atoms with Crippen LogP contribution in [0.2, 0.25) is 5.02 Å². The number of rotatable bonds is 14. The first-order valence-electron chi connectivity index (χ1n) is 17.5. The Bertz CT molecular complexity index is 2020. The maximum atomic E-state index is 13.0. The van der Waals surface area contributed by atoms with Gasteiger partial charge in [0.05, 0.1) is 29.5 Å². The summed E-state index contributed by atoms with van der Waals surface area (Å²) in [5, 5.41) is 9.37. The second-order valence-electron chi connectivity index (χ2n) is 12.8. The summed E-state index contributed by atoms with van der Waals surface area (Å²) >= 11 is 6.62. The highest BCUT2D eigenvalue weighted by Crippen LogP contribution is 2.34. The summed E-state index contributed by atoms with van der Waals surface area (Å²) in [5.74, 6) is 1.83. The first kappa shape index (κ1) is 39.8. The molecule has 1 fully saturated rings. The molecule has 0 saturated carbocycles. The second-order valence-corrected chi connectivity index (χ2v) is 13.2. The number of carbonyl (C=O) groups excluding carboxylic acids is 1. The largest absolute Gasteiger partial charge is 0.494 e. The van der Waals surface area contributed by atoms with Crippen molar-refractivity contribution in [2.75, 3.05) is 32.8 Å². The maximum Gasteiger partial charge on any atom is 0.246 e. The van der Waals surface area contributed by atoms with Gasteiger partial charge in [-0.3, -0.25) is 9.69 Å². The van der Waals surface area contributed by atoms with Gasteiger partial charge in [-0.2, -0.15) is 5.26 Å². The van der Waals surface area contributed by atoms with Gasteiger partial charge in [-0.05, 0) is 108 Å². The third-order valence-corrected chi connectivity index (χ3v) is 9.16. The molecular formula is C43H41Cl2FN4O4. The van der Waals surface area contributed by atoms with E-state index in [1.165, 1.54) is 23.3 Å². The Kier molecular flexibility index (Phi) is 14.5. The molecule has 0 aliphatic carbocycles. The minimum Gasteiger partial charge on any atom is -0.494 e. The third-order valence-electron chi connectivity index (χ3n) is 8.88. The van der Waals surface area contributed by atoms with Crippen LogP contribution < -0.4 is 14.2 Å². The van der Waals surface area contributed by atoms with Gasteiger partial charge < -0.3 is 19.1 Å². The van der Waals surface area contributed by atoms with Crippen molar-refractivity contribution < 1.29 is 23.4 Å². The Morgan fingerprint density at radius 3 is 2.24 bits per heavy atom. The number of aromatic nitrogens is 1. The molecule has 0 unspecified atom stereocenters. The fourth-order valence-corrected chi connectivity index (χ4v) is 6.22. The van der Waals surface area contributed by atoms with Crippen molar-refractivity contribution in [2.45, 2.75) is 32.9 Å². The molecule has 0 bridgehead atoms. The Labute approximate surface area is 326 Å². The number of benzene rings is 4. The Balaban J connectivity index is 0.00000561. The van der Waals surface area contributed by atoms with Crippen LogP contribution in [0.15, 0.2) is 109 Å². The van der Waals surface area contributed by atoms with Gasteiger partial charge in [-0.1, -0.05) is 48.0 Å². The van der Waals surface area contributed by atoms with E-state index < -0.39 is 0 Å². The molecule has 5 aromatic rings. The van der Waals surface area contributed by atoms with Crippen LogP contribution in [0.5, 0.6) is 23.1 Å². The molecule has 54 heavy (non-hydrogen) atoms. The zero-order chi connectivity index (χ0) is 37.0. The van der Waals surface area contributed by atoms with Gasteiger partial charge in [0.25, 0.3) is 0 Å². The number of amides is 1. The lowest BCUT2D eigenvalue weighted by Gasteiger charge is -2.34. The monoisotopic (exact) mass is 766 g/mol. The number of nitriles is 1. The number of hydrogen-bond donors (Lipinski definition) is 0. The molecule has 1 saturated heterocycles. The smallest absolute Gasteiger partial charge is 0.246 e. The SMILES string of the molecule is Cc1cc(C=CC(=O)N2CCN(Cc3ccc(CCCOc4ccc(F)cc4)cc3)CC2)cc(Cl)c1Oc1ccc(OCc2ccc(C#N)cc2)cn1.Cl. The molecule has 11 heteroatoms. The van der Waals surface area contributed by atoms with Gasteiger partial charge in [-0.25, -0.2) is 9.37 Å². The van der Waals surface area contributed by atoms with E-state index in [0.717, 1.165) is 49.2 Å². The van der Waals surface area contributed by atoms with E-state index in [0.29, 0.717) is 60.0 Å². The van der Waals surface area contributed by atoms with Gasteiger partial charge in [0.2, 0.25) is 11.8 Å². The predicted molar refractivity (Wildman–Crippen MR) is 211 cm³/mol.